The second-order valence-corrected chi connectivity index (χ2v) is 9.75. The van der Waals surface area contributed by atoms with Gasteiger partial charge in [-0.1, -0.05) is 47.5 Å². The van der Waals surface area contributed by atoms with Gasteiger partial charge in [0, 0.05) is 49.8 Å². The molecular weight excluding hydrogens is 497 g/mol. The van der Waals surface area contributed by atoms with E-state index in [1.807, 2.05) is 37.4 Å². The van der Waals surface area contributed by atoms with Crippen molar-refractivity contribution in [2.45, 2.75) is 25.8 Å². The number of rotatable bonds is 11. The molecule has 4 rings (SSSR count). The average Bonchev–Trinajstić information content (AvgIpc) is 2.89. The molecule has 0 saturated carbocycles. The van der Waals surface area contributed by atoms with Crippen molar-refractivity contribution in [2.75, 3.05) is 56.1 Å². The molecule has 0 unspecified atom stereocenters. The van der Waals surface area contributed by atoms with E-state index in [4.69, 9.17) is 38.2 Å². The summed E-state index contributed by atoms with van der Waals surface area (Å²) in [5.41, 5.74) is 2.00. The van der Waals surface area contributed by atoms with E-state index in [1.54, 1.807) is 12.1 Å². The zero-order chi connectivity index (χ0) is 25.3. The molecule has 0 radical (unpaired) electrons. The number of nitrogens with zero attached hydrogens (tertiary/aromatic N) is 5. The van der Waals surface area contributed by atoms with E-state index in [9.17, 15) is 5.11 Å². The Balaban J connectivity index is 1.39. The summed E-state index contributed by atoms with van der Waals surface area (Å²) in [6.45, 7) is 5.56. The highest BCUT2D eigenvalue weighted by Gasteiger charge is 2.17. The van der Waals surface area contributed by atoms with Crippen LogP contribution >= 0.6 is 23.2 Å². The Hall–Kier alpha value is -2.65. The summed E-state index contributed by atoms with van der Waals surface area (Å²) < 4.78 is 0. The van der Waals surface area contributed by atoms with Crippen molar-refractivity contribution in [1.82, 2.24) is 25.6 Å². The van der Waals surface area contributed by atoms with Crippen molar-refractivity contribution < 1.29 is 5.11 Å². The molecule has 2 heterocycles. The first-order chi connectivity index (χ1) is 17.5. The Labute approximate surface area is 222 Å². The Bertz CT molecular complexity index is 1140. The lowest BCUT2D eigenvalue weighted by Gasteiger charge is -2.28. The highest BCUT2D eigenvalue weighted by molar-refractivity contribution is 6.35. The van der Waals surface area contributed by atoms with Crippen molar-refractivity contribution >= 4 is 35.1 Å². The second-order valence-electron chi connectivity index (χ2n) is 8.91. The topological polar surface area (TPSA) is 89.4 Å². The van der Waals surface area contributed by atoms with Gasteiger partial charge in [0.2, 0.25) is 11.9 Å². The Morgan fingerprint density at radius 3 is 2.61 bits per heavy atom. The first-order valence-corrected chi connectivity index (χ1v) is 13.1. The number of phenols is 1. The minimum atomic E-state index is 0.323. The third-order valence-corrected chi connectivity index (χ3v) is 6.79. The number of benzene rings is 2. The summed E-state index contributed by atoms with van der Waals surface area (Å²) in [7, 11) is 2.01. The van der Waals surface area contributed by atoms with Gasteiger partial charge < -0.3 is 25.5 Å². The van der Waals surface area contributed by atoms with Gasteiger partial charge in [-0.25, -0.2) is 0 Å². The first kappa shape index (κ1) is 26.4. The molecule has 36 heavy (non-hydrogen) atoms. The molecule has 0 amide bonds. The summed E-state index contributed by atoms with van der Waals surface area (Å²) in [6, 6.07) is 13.1. The number of aryl methyl sites for hydroxylation is 1. The molecule has 2 aromatic carbocycles. The normalized spacial score (nSPS) is 13.7. The van der Waals surface area contributed by atoms with E-state index < -0.39 is 0 Å². The molecule has 192 valence electrons. The molecule has 1 aromatic heterocycles. The molecule has 10 heteroatoms. The van der Waals surface area contributed by atoms with Crippen LogP contribution in [-0.2, 0) is 19.4 Å². The molecule has 0 aliphatic carbocycles. The van der Waals surface area contributed by atoms with Crippen LogP contribution in [0.3, 0.4) is 0 Å². The number of halogens is 2. The van der Waals surface area contributed by atoms with Gasteiger partial charge in [-0.2, -0.15) is 15.0 Å². The molecule has 1 aliphatic rings. The molecular formula is C26H33Cl2N7O. The molecule has 3 N–H and O–H groups in total. The predicted octanol–water partition coefficient (Wildman–Crippen LogP) is 3.69. The van der Waals surface area contributed by atoms with Gasteiger partial charge in [0.1, 0.15) is 11.6 Å². The summed E-state index contributed by atoms with van der Waals surface area (Å²) in [6.07, 6.45) is 2.47. The maximum Gasteiger partial charge on any atom is 0.230 e. The third-order valence-electron chi connectivity index (χ3n) is 6.20. The highest BCUT2D eigenvalue weighted by Crippen LogP contribution is 2.22. The minimum Gasteiger partial charge on any atom is -0.508 e. The van der Waals surface area contributed by atoms with E-state index in [1.165, 1.54) is 0 Å². The zero-order valence-corrected chi connectivity index (χ0v) is 22.1. The largest absolute Gasteiger partial charge is 0.508 e. The van der Waals surface area contributed by atoms with Crippen LogP contribution in [0.1, 0.15) is 23.4 Å². The van der Waals surface area contributed by atoms with E-state index >= 15 is 0 Å². The zero-order valence-electron chi connectivity index (χ0n) is 20.6. The predicted molar refractivity (Wildman–Crippen MR) is 146 cm³/mol. The van der Waals surface area contributed by atoms with Gasteiger partial charge in [0.05, 0.1) is 6.54 Å². The molecule has 0 atom stereocenters. The van der Waals surface area contributed by atoms with Crippen LogP contribution in [0.5, 0.6) is 5.75 Å². The van der Waals surface area contributed by atoms with Crippen molar-refractivity contribution in [3.63, 3.8) is 0 Å². The van der Waals surface area contributed by atoms with E-state index in [0.29, 0.717) is 46.6 Å². The standard InChI is InChI=1S/C26H33Cl2N7O/c1-34(14-4-6-19-8-9-21(27)17-22(19)28)25-31-24(32-26(33-25)35-15-12-29-13-16-35)18-30-11-10-20-5-2-3-7-23(20)36/h2-3,5,7-9,17,29-30,36H,4,6,10-16,18H2,1H3. The first-order valence-electron chi connectivity index (χ1n) is 12.3. The maximum atomic E-state index is 9.99. The molecule has 1 fully saturated rings. The number of aromatic nitrogens is 3. The summed E-state index contributed by atoms with van der Waals surface area (Å²) in [5, 5.41) is 18.1. The van der Waals surface area contributed by atoms with Crippen molar-refractivity contribution in [3.05, 3.63) is 69.5 Å². The SMILES string of the molecule is CN(CCCc1ccc(Cl)cc1Cl)c1nc(CNCCc2ccccc2O)nc(N2CCNCC2)n1. The van der Waals surface area contributed by atoms with Crippen LogP contribution in [0.25, 0.3) is 0 Å². The van der Waals surface area contributed by atoms with Crippen LogP contribution in [0.4, 0.5) is 11.9 Å². The van der Waals surface area contributed by atoms with Crippen molar-refractivity contribution in [1.29, 1.82) is 0 Å². The molecule has 0 spiro atoms. The summed E-state index contributed by atoms with van der Waals surface area (Å²) in [4.78, 5) is 18.6. The van der Waals surface area contributed by atoms with Crippen molar-refractivity contribution in [3.8, 4) is 5.75 Å². The quantitative estimate of drug-likeness (QED) is 0.324. The van der Waals surface area contributed by atoms with Gasteiger partial charge in [0.25, 0.3) is 0 Å². The summed E-state index contributed by atoms with van der Waals surface area (Å²) in [5.74, 6) is 2.41. The lowest BCUT2D eigenvalue weighted by molar-refractivity contribution is 0.466. The number of para-hydroxylation sites is 1. The van der Waals surface area contributed by atoms with Crippen LogP contribution < -0.4 is 20.4 Å². The van der Waals surface area contributed by atoms with E-state index in [-0.39, 0.29) is 0 Å². The molecule has 8 nitrogen and oxygen atoms in total. The van der Waals surface area contributed by atoms with Gasteiger partial charge in [-0.05, 0) is 55.1 Å². The number of hydrogen-bond acceptors (Lipinski definition) is 8. The summed E-state index contributed by atoms with van der Waals surface area (Å²) >= 11 is 12.4. The molecule has 1 saturated heterocycles. The van der Waals surface area contributed by atoms with Gasteiger partial charge in [-0.3, -0.25) is 0 Å². The van der Waals surface area contributed by atoms with Crippen LogP contribution in [0, 0.1) is 0 Å². The van der Waals surface area contributed by atoms with E-state index in [0.717, 1.165) is 63.1 Å². The number of nitrogens with one attached hydrogen (secondary N) is 2. The smallest absolute Gasteiger partial charge is 0.230 e. The van der Waals surface area contributed by atoms with Crippen molar-refractivity contribution in [2.24, 2.45) is 0 Å². The lowest BCUT2D eigenvalue weighted by Crippen LogP contribution is -2.44. The van der Waals surface area contributed by atoms with Crippen LogP contribution in [0.15, 0.2) is 42.5 Å². The minimum absolute atomic E-state index is 0.323. The Kier molecular flexibility index (Phi) is 9.58. The van der Waals surface area contributed by atoms with Gasteiger partial charge in [-0.15, -0.1) is 0 Å². The number of hydrogen-bond donors (Lipinski definition) is 3. The fourth-order valence-electron chi connectivity index (χ4n) is 4.13. The number of aromatic hydroxyl groups is 1. The molecule has 3 aromatic rings. The van der Waals surface area contributed by atoms with Crippen LogP contribution in [-0.4, -0.2) is 66.4 Å². The monoisotopic (exact) mass is 529 g/mol. The fraction of sp³-hybridized carbons (Fsp3) is 0.423. The number of phenolic OH excluding ortho intramolecular Hbond substituents is 1. The highest BCUT2D eigenvalue weighted by atomic mass is 35.5. The fourth-order valence-corrected chi connectivity index (χ4v) is 4.63. The van der Waals surface area contributed by atoms with Gasteiger partial charge in [0.15, 0.2) is 0 Å². The lowest BCUT2D eigenvalue weighted by atomic mass is 10.1. The number of piperazine rings is 1. The van der Waals surface area contributed by atoms with Gasteiger partial charge >= 0.3 is 0 Å². The van der Waals surface area contributed by atoms with Crippen LogP contribution in [0.2, 0.25) is 10.0 Å². The third kappa shape index (κ3) is 7.43. The average molecular weight is 531 g/mol. The molecule has 1 aliphatic heterocycles. The number of anilines is 2. The second kappa shape index (κ2) is 13.1. The maximum absolute atomic E-state index is 9.99. The Morgan fingerprint density at radius 2 is 1.83 bits per heavy atom. The Morgan fingerprint density at radius 1 is 1.03 bits per heavy atom. The van der Waals surface area contributed by atoms with E-state index in [2.05, 4.69) is 20.4 Å². The molecule has 0 bridgehead atoms.